The molecule has 2 atom stereocenters. The van der Waals surface area contributed by atoms with Crippen LogP contribution in [0.15, 0.2) is 12.1 Å². The average molecular weight is 254 g/mol. The fourth-order valence-electron chi connectivity index (χ4n) is 2.17. The SMILES string of the molecule is CC12COCC1Nc1nc(Cl)ccc1NC2=O. The number of fused-ring (bicyclic) bond motifs is 2. The number of nitrogens with zero attached hydrogens (tertiary/aromatic N) is 1. The zero-order valence-corrected chi connectivity index (χ0v) is 10.0. The van der Waals surface area contributed by atoms with Gasteiger partial charge in [0.15, 0.2) is 5.82 Å². The number of carbonyl (C=O) groups excluding carboxylic acids is 1. The molecule has 17 heavy (non-hydrogen) atoms. The molecule has 3 rings (SSSR count). The highest BCUT2D eigenvalue weighted by Crippen LogP contribution is 2.37. The van der Waals surface area contributed by atoms with E-state index in [0.29, 0.717) is 29.9 Å². The number of pyridine rings is 1. The van der Waals surface area contributed by atoms with E-state index in [9.17, 15) is 4.79 Å². The molecule has 2 aliphatic rings. The number of hydrogen-bond donors (Lipinski definition) is 2. The molecular formula is C11H12ClN3O2. The van der Waals surface area contributed by atoms with E-state index in [-0.39, 0.29) is 11.9 Å². The maximum absolute atomic E-state index is 12.2. The van der Waals surface area contributed by atoms with Crippen LogP contribution in [0.5, 0.6) is 0 Å². The van der Waals surface area contributed by atoms with E-state index in [0.717, 1.165) is 0 Å². The van der Waals surface area contributed by atoms with Crippen molar-refractivity contribution in [3.05, 3.63) is 17.3 Å². The van der Waals surface area contributed by atoms with Crippen LogP contribution in [0, 0.1) is 5.41 Å². The van der Waals surface area contributed by atoms with Gasteiger partial charge in [0.05, 0.1) is 30.4 Å². The van der Waals surface area contributed by atoms with Crippen LogP contribution in [-0.2, 0) is 9.53 Å². The lowest BCUT2D eigenvalue weighted by atomic mass is 9.84. The van der Waals surface area contributed by atoms with Gasteiger partial charge in [-0.1, -0.05) is 11.6 Å². The molecule has 1 saturated heterocycles. The van der Waals surface area contributed by atoms with Gasteiger partial charge in [-0.15, -0.1) is 0 Å². The third-order valence-corrected chi connectivity index (χ3v) is 3.61. The van der Waals surface area contributed by atoms with Crippen LogP contribution in [0.1, 0.15) is 6.92 Å². The fraction of sp³-hybridized carbons (Fsp3) is 0.455. The van der Waals surface area contributed by atoms with Gasteiger partial charge in [0, 0.05) is 0 Å². The minimum absolute atomic E-state index is 0.0460. The molecule has 0 aliphatic carbocycles. The Labute approximate surface area is 104 Å². The van der Waals surface area contributed by atoms with Gasteiger partial charge in [0.2, 0.25) is 5.91 Å². The Bertz CT molecular complexity index is 494. The molecule has 2 aliphatic heterocycles. The van der Waals surface area contributed by atoms with E-state index in [1.807, 2.05) is 6.92 Å². The molecule has 0 radical (unpaired) electrons. The monoisotopic (exact) mass is 253 g/mol. The van der Waals surface area contributed by atoms with Gasteiger partial charge in [0.25, 0.3) is 0 Å². The van der Waals surface area contributed by atoms with Crippen LogP contribution in [0.3, 0.4) is 0 Å². The molecule has 0 saturated carbocycles. The standard InChI is InChI=1S/C11H12ClN3O2/c1-11-5-17-4-7(11)14-9-6(13-10(11)16)2-3-8(12)15-9/h2-3,7H,4-5H2,1H3,(H,13,16)(H,14,15). The Morgan fingerprint density at radius 1 is 1.59 bits per heavy atom. The van der Waals surface area contributed by atoms with Crippen LogP contribution in [0.25, 0.3) is 0 Å². The molecule has 2 N–H and O–H groups in total. The molecule has 1 fully saturated rings. The van der Waals surface area contributed by atoms with Crippen molar-refractivity contribution in [3.8, 4) is 0 Å². The first kappa shape index (κ1) is 10.8. The number of carbonyl (C=O) groups is 1. The Kier molecular flexibility index (Phi) is 2.27. The van der Waals surface area contributed by atoms with Crippen LogP contribution in [-0.4, -0.2) is 30.1 Å². The predicted octanol–water partition coefficient (Wildman–Crippen LogP) is 1.50. The molecule has 90 valence electrons. The Hall–Kier alpha value is -1.33. The highest BCUT2D eigenvalue weighted by molar-refractivity contribution is 6.29. The smallest absolute Gasteiger partial charge is 0.234 e. The Morgan fingerprint density at radius 2 is 2.41 bits per heavy atom. The molecule has 5 nitrogen and oxygen atoms in total. The number of anilines is 2. The minimum Gasteiger partial charge on any atom is -0.378 e. The van der Waals surface area contributed by atoms with Gasteiger partial charge >= 0.3 is 0 Å². The fourth-order valence-corrected chi connectivity index (χ4v) is 2.32. The number of amides is 1. The van der Waals surface area contributed by atoms with Gasteiger partial charge in [-0.25, -0.2) is 4.98 Å². The second-order valence-electron chi connectivity index (χ2n) is 4.61. The van der Waals surface area contributed by atoms with E-state index in [1.165, 1.54) is 0 Å². The summed E-state index contributed by atoms with van der Waals surface area (Å²) in [5.74, 6) is 0.556. The van der Waals surface area contributed by atoms with Crippen LogP contribution in [0.4, 0.5) is 11.5 Å². The molecule has 3 heterocycles. The first-order chi connectivity index (χ1) is 8.09. The zero-order chi connectivity index (χ0) is 12.0. The summed E-state index contributed by atoms with van der Waals surface area (Å²) in [4.78, 5) is 16.4. The summed E-state index contributed by atoms with van der Waals surface area (Å²) in [5.41, 5.74) is 0.0997. The molecular weight excluding hydrogens is 242 g/mol. The minimum atomic E-state index is -0.562. The second-order valence-corrected chi connectivity index (χ2v) is 5.00. The summed E-state index contributed by atoms with van der Waals surface area (Å²) in [6, 6.07) is 3.33. The first-order valence-electron chi connectivity index (χ1n) is 5.42. The third-order valence-electron chi connectivity index (χ3n) is 3.39. The van der Waals surface area contributed by atoms with Gasteiger partial charge in [0.1, 0.15) is 5.15 Å². The second kappa shape index (κ2) is 3.58. The number of aromatic nitrogens is 1. The zero-order valence-electron chi connectivity index (χ0n) is 9.29. The summed E-state index contributed by atoms with van der Waals surface area (Å²) in [5, 5.41) is 6.48. The van der Waals surface area contributed by atoms with Gasteiger partial charge < -0.3 is 15.4 Å². The largest absolute Gasteiger partial charge is 0.378 e. The molecule has 1 aromatic rings. The molecule has 6 heteroatoms. The van der Waals surface area contributed by atoms with Crippen molar-refractivity contribution in [2.24, 2.45) is 5.41 Å². The van der Waals surface area contributed by atoms with Gasteiger partial charge in [-0.2, -0.15) is 0 Å². The average Bonchev–Trinajstić information content (AvgIpc) is 2.61. The number of hydrogen-bond acceptors (Lipinski definition) is 4. The molecule has 0 spiro atoms. The molecule has 1 aromatic heterocycles. The maximum atomic E-state index is 12.2. The van der Waals surface area contributed by atoms with Crippen molar-refractivity contribution < 1.29 is 9.53 Å². The molecule has 1 amide bonds. The van der Waals surface area contributed by atoms with Crippen molar-refractivity contribution in [2.75, 3.05) is 23.8 Å². The van der Waals surface area contributed by atoms with Crippen LogP contribution < -0.4 is 10.6 Å². The lowest BCUT2D eigenvalue weighted by molar-refractivity contribution is -0.124. The van der Waals surface area contributed by atoms with Crippen molar-refractivity contribution in [3.63, 3.8) is 0 Å². The molecule has 0 aromatic carbocycles. The summed E-state index contributed by atoms with van der Waals surface area (Å²) >= 11 is 5.85. The van der Waals surface area contributed by atoms with Gasteiger partial charge in [-0.05, 0) is 19.1 Å². The van der Waals surface area contributed by atoms with Crippen LogP contribution >= 0.6 is 11.6 Å². The third kappa shape index (κ3) is 1.57. The first-order valence-corrected chi connectivity index (χ1v) is 5.80. The Balaban J connectivity index is 2.06. The lowest BCUT2D eigenvalue weighted by Gasteiger charge is -2.25. The Morgan fingerprint density at radius 3 is 3.24 bits per heavy atom. The summed E-state index contributed by atoms with van der Waals surface area (Å²) in [6.45, 7) is 2.80. The number of halogens is 1. The number of rotatable bonds is 0. The van der Waals surface area contributed by atoms with E-state index in [2.05, 4.69) is 15.6 Å². The molecule has 0 bridgehead atoms. The van der Waals surface area contributed by atoms with Crippen LogP contribution in [0.2, 0.25) is 5.15 Å². The molecule has 2 unspecified atom stereocenters. The summed E-state index contributed by atoms with van der Waals surface area (Å²) in [6.07, 6.45) is 0. The summed E-state index contributed by atoms with van der Waals surface area (Å²) in [7, 11) is 0. The van der Waals surface area contributed by atoms with Gasteiger partial charge in [-0.3, -0.25) is 4.79 Å². The normalized spacial score (nSPS) is 30.9. The highest BCUT2D eigenvalue weighted by atomic mass is 35.5. The van der Waals surface area contributed by atoms with E-state index < -0.39 is 5.41 Å². The highest BCUT2D eigenvalue weighted by Gasteiger charge is 2.48. The number of nitrogens with one attached hydrogen (secondary N) is 2. The van der Waals surface area contributed by atoms with Crippen molar-refractivity contribution >= 4 is 29.0 Å². The quantitative estimate of drug-likeness (QED) is 0.688. The van der Waals surface area contributed by atoms with E-state index in [1.54, 1.807) is 12.1 Å². The van der Waals surface area contributed by atoms with Crippen molar-refractivity contribution in [1.82, 2.24) is 4.98 Å². The topological polar surface area (TPSA) is 63.2 Å². The maximum Gasteiger partial charge on any atom is 0.234 e. The lowest BCUT2D eigenvalue weighted by Crippen LogP contribution is -2.44. The van der Waals surface area contributed by atoms with Crippen molar-refractivity contribution in [1.29, 1.82) is 0 Å². The van der Waals surface area contributed by atoms with Crippen molar-refractivity contribution in [2.45, 2.75) is 13.0 Å². The number of ether oxygens (including phenoxy) is 1. The summed E-state index contributed by atoms with van der Waals surface area (Å²) < 4.78 is 5.38. The predicted molar refractivity (Wildman–Crippen MR) is 64.2 cm³/mol. The van der Waals surface area contributed by atoms with E-state index >= 15 is 0 Å². The van der Waals surface area contributed by atoms with E-state index in [4.69, 9.17) is 16.3 Å².